The van der Waals surface area contributed by atoms with Gasteiger partial charge >= 0.3 is 17.6 Å². The molecule has 0 aromatic carbocycles. The minimum atomic E-state index is -2.64. The zero-order valence-electron chi connectivity index (χ0n) is 25.7. The molecule has 16 heteroatoms. The van der Waals surface area contributed by atoms with Gasteiger partial charge < -0.3 is 36.4 Å². The van der Waals surface area contributed by atoms with Crippen LogP contribution in [0, 0.1) is 0 Å². The van der Waals surface area contributed by atoms with Gasteiger partial charge in [0.15, 0.2) is 0 Å². The number of amides is 2. The molecule has 0 saturated heterocycles. The Morgan fingerprint density at radius 1 is 0.525 bits per heavy atom. The zero-order valence-corrected chi connectivity index (χ0v) is 31.0. The van der Waals surface area contributed by atoms with E-state index in [9.17, 15) is 9.59 Å². The Labute approximate surface area is 260 Å². The van der Waals surface area contributed by atoms with Crippen molar-refractivity contribution < 1.29 is 36.1 Å². The van der Waals surface area contributed by atoms with E-state index in [1.54, 1.807) is 23.9 Å². The summed E-state index contributed by atoms with van der Waals surface area (Å²) in [5.74, 6) is 0. The minimum Gasteiger partial charge on any atom is -0.374 e. The first-order valence-electron chi connectivity index (χ1n) is 14.2. The highest BCUT2D eigenvalue weighted by Crippen LogP contribution is 2.44. The third-order valence-corrected chi connectivity index (χ3v) is 17.6. The van der Waals surface area contributed by atoms with E-state index in [0.29, 0.717) is 52.7 Å². The summed E-state index contributed by atoms with van der Waals surface area (Å²) < 4.78 is 35.3. The molecule has 0 aliphatic heterocycles. The molecular weight excluding hydrogens is 629 g/mol. The summed E-state index contributed by atoms with van der Waals surface area (Å²) in [4.78, 5) is 28.4. The first-order chi connectivity index (χ1) is 19.2. The van der Waals surface area contributed by atoms with Crippen molar-refractivity contribution in [1.29, 1.82) is 0 Å². The van der Waals surface area contributed by atoms with E-state index in [4.69, 9.17) is 26.6 Å². The number of rotatable bonds is 25. The molecule has 0 aromatic rings. The van der Waals surface area contributed by atoms with Crippen LogP contribution in [0.3, 0.4) is 0 Å². The Balaban J connectivity index is 4.25. The summed E-state index contributed by atoms with van der Waals surface area (Å²) in [5.41, 5.74) is 0. The zero-order chi connectivity index (χ0) is 30.3. The lowest BCUT2D eigenvalue weighted by Crippen LogP contribution is -2.46. The predicted molar refractivity (Wildman–Crippen MR) is 176 cm³/mol. The fourth-order valence-corrected chi connectivity index (χ4v) is 14.1. The summed E-state index contributed by atoms with van der Waals surface area (Å²) >= 11 is 0. The lowest BCUT2D eigenvalue weighted by molar-refractivity contribution is 0.0697. The van der Waals surface area contributed by atoms with Crippen molar-refractivity contribution in [3.05, 3.63) is 0 Å². The van der Waals surface area contributed by atoms with Crippen molar-refractivity contribution in [2.24, 2.45) is 0 Å². The first kappa shape index (κ1) is 40.5. The Kier molecular flexibility index (Phi) is 25.3. The van der Waals surface area contributed by atoms with Crippen LogP contribution in [-0.2, 0) is 26.6 Å². The molecule has 238 valence electrons. The molecule has 0 heterocycles. The smallest absolute Gasteiger partial charge is 0.374 e. The fourth-order valence-electron chi connectivity index (χ4n) is 3.78. The third kappa shape index (κ3) is 17.6. The van der Waals surface area contributed by atoms with Crippen LogP contribution in [0.4, 0.5) is 9.59 Å². The van der Waals surface area contributed by atoms with Crippen molar-refractivity contribution in [3.8, 4) is 0 Å². The average Bonchev–Trinajstić information content (AvgIpc) is 2.92. The Morgan fingerprint density at radius 3 is 1.05 bits per heavy atom. The molecule has 0 spiro atoms. The van der Waals surface area contributed by atoms with E-state index in [-0.39, 0.29) is 10.5 Å². The van der Waals surface area contributed by atoms with Crippen molar-refractivity contribution >= 4 is 69.3 Å². The number of carbonyl (C=O) groups excluding carboxylic acids is 2. The second-order valence-electron chi connectivity index (χ2n) is 8.56. The van der Waals surface area contributed by atoms with Gasteiger partial charge in [-0.2, -0.15) is 0 Å². The van der Waals surface area contributed by atoms with Crippen LogP contribution < -0.4 is 0 Å². The third-order valence-electron chi connectivity index (χ3n) is 5.50. The average molecular weight is 681 g/mol. The standard InChI is InChI=1S/C24H52N2O8S4Si2/c1-9-29-39(30-10-2,31-11-3)21-17-15-19-25(7)23(27)35-37-38-36-24(28)26(8)20-16-18-22-40(32-12-4,33-13-5)34-14-6/h9-22H2,1-8H3. The molecule has 0 fully saturated rings. The van der Waals surface area contributed by atoms with E-state index >= 15 is 0 Å². The van der Waals surface area contributed by atoms with Crippen LogP contribution in [0.2, 0.25) is 12.1 Å². The molecule has 0 aromatic heterocycles. The number of hydrogen-bond acceptors (Lipinski definition) is 12. The Morgan fingerprint density at radius 2 is 0.800 bits per heavy atom. The predicted octanol–water partition coefficient (Wildman–Crippen LogP) is 7.43. The van der Waals surface area contributed by atoms with Gasteiger partial charge in [0.2, 0.25) is 0 Å². The topological polar surface area (TPSA) is 96.0 Å². The van der Waals surface area contributed by atoms with Crippen LogP contribution in [0.5, 0.6) is 0 Å². The lowest BCUT2D eigenvalue weighted by atomic mass is 10.3. The van der Waals surface area contributed by atoms with Gasteiger partial charge in [0, 0.05) is 101 Å². The van der Waals surface area contributed by atoms with Crippen molar-refractivity contribution in [1.82, 2.24) is 9.80 Å². The van der Waals surface area contributed by atoms with Crippen molar-refractivity contribution in [2.45, 2.75) is 79.3 Å². The van der Waals surface area contributed by atoms with Crippen molar-refractivity contribution in [3.63, 3.8) is 0 Å². The second-order valence-corrected chi connectivity index (χ2v) is 19.6. The number of nitrogens with zero attached hydrogens (tertiary/aromatic N) is 2. The van der Waals surface area contributed by atoms with Gasteiger partial charge in [0.25, 0.3) is 10.5 Å². The molecule has 10 nitrogen and oxygen atoms in total. The highest BCUT2D eigenvalue weighted by atomic mass is 33.7. The molecule has 0 aliphatic rings. The van der Waals surface area contributed by atoms with Gasteiger partial charge in [0.05, 0.1) is 0 Å². The number of hydrogen-bond donors (Lipinski definition) is 0. The number of unbranched alkanes of at least 4 members (excludes halogenated alkanes) is 2. The second kappa shape index (κ2) is 24.9. The van der Waals surface area contributed by atoms with Crippen LogP contribution in [-0.4, -0.2) is 105 Å². The molecule has 0 aliphatic carbocycles. The highest BCUT2D eigenvalue weighted by molar-refractivity contribution is 9.28. The molecule has 0 atom stereocenters. The summed E-state index contributed by atoms with van der Waals surface area (Å²) in [5, 5.41) is -0.0697. The van der Waals surface area contributed by atoms with Gasteiger partial charge in [-0.25, -0.2) is 0 Å². The first-order valence-corrected chi connectivity index (χ1v) is 22.9. The lowest BCUT2D eigenvalue weighted by Gasteiger charge is -2.28. The maximum Gasteiger partial charge on any atom is 0.500 e. The van der Waals surface area contributed by atoms with E-state index in [1.165, 1.54) is 19.7 Å². The van der Waals surface area contributed by atoms with Gasteiger partial charge in [-0.1, -0.05) is 0 Å². The summed E-state index contributed by atoms with van der Waals surface area (Å²) in [6, 6.07) is 1.48. The normalized spacial score (nSPS) is 12.1. The SMILES string of the molecule is CCO[Si](CCCCN(C)C(=O)SSSSC(=O)N(C)CCCC[Si](OCC)(OCC)OCC)(OCC)OCC. The van der Waals surface area contributed by atoms with Gasteiger partial charge in [-0.3, -0.25) is 9.59 Å². The molecule has 0 bridgehead atoms. The van der Waals surface area contributed by atoms with E-state index in [1.807, 2.05) is 41.5 Å². The van der Waals surface area contributed by atoms with Gasteiger partial charge in [0.1, 0.15) is 0 Å². The molecule has 0 saturated carbocycles. The number of carbonyl (C=O) groups is 2. The van der Waals surface area contributed by atoms with Crippen LogP contribution in [0.25, 0.3) is 0 Å². The quantitative estimate of drug-likeness (QED) is 0.0545. The van der Waals surface area contributed by atoms with Crippen LogP contribution in [0.15, 0.2) is 0 Å². The maximum absolute atomic E-state index is 12.5. The largest absolute Gasteiger partial charge is 0.500 e. The Hall–Kier alpha value is 0.534. The molecule has 0 unspecified atom stereocenters. The highest BCUT2D eigenvalue weighted by Gasteiger charge is 2.40. The van der Waals surface area contributed by atoms with Crippen LogP contribution in [0.1, 0.15) is 67.2 Å². The van der Waals surface area contributed by atoms with E-state index in [2.05, 4.69) is 0 Å². The van der Waals surface area contributed by atoms with E-state index < -0.39 is 17.6 Å². The van der Waals surface area contributed by atoms with Gasteiger partial charge in [-0.15, -0.1) is 0 Å². The minimum absolute atomic E-state index is 0.0348. The van der Waals surface area contributed by atoms with Crippen LogP contribution >= 0.6 is 41.2 Å². The fraction of sp³-hybridized carbons (Fsp3) is 0.917. The molecule has 2 amide bonds. The van der Waals surface area contributed by atoms with Crippen molar-refractivity contribution in [2.75, 3.05) is 66.8 Å². The maximum atomic E-state index is 12.5. The summed E-state index contributed by atoms with van der Waals surface area (Å²) in [7, 11) is 3.20. The summed E-state index contributed by atoms with van der Waals surface area (Å²) in [6.07, 6.45) is 3.39. The Bertz CT molecular complexity index is 588. The molecular formula is C24H52N2O8S4Si2. The summed E-state index contributed by atoms with van der Waals surface area (Å²) in [6.45, 7) is 16.3. The molecule has 0 radical (unpaired) electrons. The molecule has 0 N–H and O–H groups in total. The monoisotopic (exact) mass is 680 g/mol. The van der Waals surface area contributed by atoms with Gasteiger partial charge in [-0.05, 0) is 86.9 Å². The molecule has 0 rings (SSSR count). The molecule has 40 heavy (non-hydrogen) atoms. The van der Waals surface area contributed by atoms with E-state index in [0.717, 1.165) is 59.4 Å².